The number of thiocarbonyl (C=S) groups is 1. The summed E-state index contributed by atoms with van der Waals surface area (Å²) in [5, 5.41) is 3.32. The predicted octanol–water partition coefficient (Wildman–Crippen LogP) is 3.53. The lowest BCUT2D eigenvalue weighted by Crippen LogP contribution is -2.17. The largest absolute Gasteiger partial charge is 0.389 e. The van der Waals surface area contributed by atoms with Crippen LogP contribution in [0.1, 0.15) is 21.5 Å². The number of hydrogen-bond donors (Lipinski definition) is 2. The number of amides is 1. The molecule has 3 N–H and O–H groups in total. The molecular formula is C15H13ClN2OS. The normalized spacial score (nSPS) is 10.1. The van der Waals surface area contributed by atoms with Crippen LogP contribution in [0.15, 0.2) is 42.5 Å². The van der Waals surface area contributed by atoms with Gasteiger partial charge in [-0.3, -0.25) is 4.79 Å². The fourth-order valence-corrected chi connectivity index (χ4v) is 2.34. The van der Waals surface area contributed by atoms with Crippen LogP contribution in [0.3, 0.4) is 0 Å². The number of halogens is 1. The highest BCUT2D eigenvalue weighted by molar-refractivity contribution is 7.80. The van der Waals surface area contributed by atoms with Crippen molar-refractivity contribution < 1.29 is 4.79 Å². The summed E-state index contributed by atoms with van der Waals surface area (Å²) in [7, 11) is 0. The minimum absolute atomic E-state index is 0.239. The Morgan fingerprint density at radius 3 is 2.60 bits per heavy atom. The van der Waals surface area contributed by atoms with Gasteiger partial charge in [0.1, 0.15) is 4.99 Å². The van der Waals surface area contributed by atoms with Gasteiger partial charge in [0, 0.05) is 16.1 Å². The Hall–Kier alpha value is -1.91. The number of carbonyl (C=O) groups excluding carboxylic acids is 1. The monoisotopic (exact) mass is 304 g/mol. The molecule has 2 rings (SSSR count). The van der Waals surface area contributed by atoms with Gasteiger partial charge in [-0.15, -0.1) is 0 Å². The summed E-state index contributed by atoms with van der Waals surface area (Å²) in [6, 6.07) is 12.3. The number of nitrogens with one attached hydrogen (secondary N) is 1. The minimum atomic E-state index is -0.251. The molecule has 0 aromatic heterocycles. The Morgan fingerprint density at radius 2 is 1.95 bits per heavy atom. The standard InChI is InChI=1S/C15H13ClN2OS/c1-9-6-10(8-11(16)7-9)15(19)18-13-5-3-2-4-12(13)14(17)20/h2-8H,1H3,(H2,17,20)(H,18,19). The van der Waals surface area contributed by atoms with Crippen LogP contribution < -0.4 is 11.1 Å². The van der Waals surface area contributed by atoms with Crippen molar-refractivity contribution in [1.82, 2.24) is 0 Å². The van der Waals surface area contributed by atoms with Crippen LogP contribution >= 0.6 is 23.8 Å². The topological polar surface area (TPSA) is 55.1 Å². The molecule has 3 nitrogen and oxygen atoms in total. The lowest BCUT2D eigenvalue weighted by Gasteiger charge is -2.10. The molecule has 0 bridgehead atoms. The van der Waals surface area contributed by atoms with Crippen molar-refractivity contribution in [2.45, 2.75) is 6.92 Å². The first-order chi connectivity index (χ1) is 9.47. The number of hydrogen-bond acceptors (Lipinski definition) is 2. The van der Waals surface area contributed by atoms with Crippen LogP contribution in [0.25, 0.3) is 0 Å². The van der Waals surface area contributed by atoms with Crippen LogP contribution in [0.5, 0.6) is 0 Å². The van der Waals surface area contributed by atoms with Gasteiger partial charge >= 0.3 is 0 Å². The molecular weight excluding hydrogens is 292 g/mol. The molecule has 0 aliphatic heterocycles. The molecule has 5 heteroatoms. The predicted molar refractivity (Wildman–Crippen MR) is 86.5 cm³/mol. The maximum Gasteiger partial charge on any atom is 0.255 e. The third kappa shape index (κ3) is 3.35. The molecule has 0 radical (unpaired) electrons. The molecule has 0 aliphatic carbocycles. The Morgan fingerprint density at radius 1 is 1.25 bits per heavy atom. The maximum absolute atomic E-state index is 12.2. The summed E-state index contributed by atoms with van der Waals surface area (Å²) in [5.74, 6) is -0.251. The molecule has 0 aliphatic rings. The Labute approximate surface area is 127 Å². The minimum Gasteiger partial charge on any atom is -0.389 e. The van der Waals surface area contributed by atoms with E-state index in [-0.39, 0.29) is 10.9 Å². The Kier molecular flexibility index (Phi) is 4.37. The van der Waals surface area contributed by atoms with Gasteiger partial charge in [0.15, 0.2) is 0 Å². The molecule has 20 heavy (non-hydrogen) atoms. The van der Waals surface area contributed by atoms with Crippen molar-refractivity contribution in [3.63, 3.8) is 0 Å². The van der Waals surface area contributed by atoms with E-state index in [0.717, 1.165) is 5.56 Å². The van der Waals surface area contributed by atoms with Gasteiger partial charge in [0.25, 0.3) is 5.91 Å². The van der Waals surface area contributed by atoms with Gasteiger partial charge in [0.05, 0.1) is 5.69 Å². The maximum atomic E-state index is 12.2. The van der Waals surface area contributed by atoms with Crippen LogP contribution in [0.2, 0.25) is 5.02 Å². The average Bonchev–Trinajstić information content (AvgIpc) is 2.37. The highest BCUT2D eigenvalue weighted by Gasteiger charge is 2.11. The van der Waals surface area contributed by atoms with Crippen molar-refractivity contribution in [1.29, 1.82) is 0 Å². The molecule has 1 amide bonds. The summed E-state index contributed by atoms with van der Waals surface area (Å²) in [6.45, 7) is 1.88. The summed E-state index contributed by atoms with van der Waals surface area (Å²) < 4.78 is 0. The molecule has 0 saturated carbocycles. The van der Waals surface area contributed by atoms with Gasteiger partial charge in [0.2, 0.25) is 0 Å². The van der Waals surface area contributed by atoms with Gasteiger partial charge in [-0.25, -0.2) is 0 Å². The van der Waals surface area contributed by atoms with E-state index in [4.69, 9.17) is 29.6 Å². The summed E-state index contributed by atoms with van der Waals surface area (Å²) in [5.41, 5.74) is 8.27. The molecule has 102 valence electrons. The van der Waals surface area contributed by atoms with E-state index in [1.807, 2.05) is 13.0 Å². The number of carbonyl (C=O) groups is 1. The average molecular weight is 305 g/mol. The zero-order chi connectivity index (χ0) is 14.7. The Bertz CT molecular complexity index is 665. The molecule has 0 spiro atoms. The summed E-state index contributed by atoms with van der Waals surface area (Å²) in [6.07, 6.45) is 0. The first-order valence-corrected chi connectivity index (χ1v) is 6.73. The van der Waals surface area contributed by atoms with Gasteiger partial charge in [-0.05, 0) is 42.8 Å². The fraction of sp³-hybridized carbons (Fsp3) is 0.0667. The van der Waals surface area contributed by atoms with Crippen molar-refractivity contribution in [2.24, 2.45) is 5.73 Å². The highest BCUT2D eigenvalue weighted by atomic mass is 35.5. The number of rotatable bonds is 3. The number of nitrogens with two attached hydrogens (primary N) is 1. The van der Waals surface area contributed by atoms with Crippen molar-refractivity contribution in [2.75, 3.05) is 5.32 Å². The number of para-hydroxylation sites is 1. The van der Waals surface area contributed by atoms with Gasteiger partial charge < -0.3 is 11.1 Å². The van der Waals surface area contributed by atoms with E-state index >= 15 is 0 Å². The number of anilines is 1. The smallest absolute Gasteiger partial charge is 0.255 e. The third-order valence-electron chi connectivity index (χ3n) is 2.75. The lowest BCUT2D eigenvalue weighted by atomic mass is 10.1. The molecule has 2 aromatic carbocycles. The summed E-state index contributed by atoms with van der Waals surface area (Å²) >= 11 is 10.9. The first kappa shape index (κ1) is 14.5. The van der Waals surface area contributed by atoms with Crippen molar-refractivity contribution >= 4 is 40.4 Å². The quantitative estimate of drug-likeness (QED) is 0.853. The van der Waals surface area contributed by atoms with Crippen molar-refractivity contribution in [3.05, 3.63) is 64.2 Å². The van der Waals surface area contributed by atoms with Crippen molar-refractivity contribution in [3.8, 4) is 0 Å². The number of benzene rings is 2. The molecule has 0 unspecified atom stereocenters. The Balaban J connectivity index is 2.30. The fourth-order valence-electron chi connectivity index (χ4n) is 1.87. The third-order valence-corrected chi connectivity index (χ3v) is 3.18. The van der Waals surface area contributed by atoms with E-state index in [9.17, 15) is 4.79 Å². The zero-order valence-electron chi connectivity index (χ0n) is 10.8. The summed E-state index contributed by atoms with van der Waals surface area (Å²) in [4.78, 5) is 12.5. The van der Waals surface area contributed by atoms with Crippen LogP contribution in [0.4, 0.5) is 5.69 Å². The first-order valence-electron chi connectivity index (χ1n) is 5.95. The van der Waals surface area contributed by atoms with E-state index in [1.165, 1.54) is 0 Å². The SMILES string of the molecule is Cc1cc(Cl)cc(C(=O)Nc2ccccc2C(N)=S)c1. The molecule has 0 heterocycles. The van der Waals surface area contributed by atoms with Crippen LogP contribution in [-0.4, -0.2) is 10.9 Å². The molecule has 0 fully saturated rings. The number of aryl methyl sites for hydroxylation is 1. The highest BCUT2D eigenvalue weighted by Crippen LogP contribution is 2.19. The zero-order valence-corrected chi connectivity index (χ0v) is 12.4. The van der Waals surface area contributed by atoms with Gasteiger partial charge in [-0.2, -0.15) is 0 Å². The van der Waals surface area contributed by atoms with E-state index in [0.29, 0.717) is 21.8 Å². The second-order valence-corrected chi connectivity index (χ2v) is 5.26. The van der Waals surface area contributed by atoms with Gasteiger partial charge in [-0.1, -0.05) is 36.0 Å². The van der Waals surface area contributed by atoms with E-state index in [1.54, 1.807) is 36.4 Å². The second kappa shape index (κ2) is 6.03. The second-order valence-electron chi connectivity index (χ2n) is 4.38. The molecule has 2 aromatic rings. The van der Waals surface area contributed by atoms with E-state index < -0.39 is 0 Å². The molecule has 0 saturated heterocycles. The van der Waals surface area contributed by atoms with E-state index in [2.05, 4.69) is 5.32 Å². The lowest BCUT2D eigenvalue weighted by molar-refractivity contribution is 0.102. The molecule has 0 atom stereocenters. The van der Waals surface area contributed by atoms with Crippen LogP contribution in [-0.2, 0) is 0 Å². The van der Waals surface area contributed by atoms with Crippen LogP contribution in [0, 0.1) is 6.92 Å².